The number of Topliss-reactive ketones (excluding diaryl/α,β-unsaturated/α-hetero) is 1. The zero-order valence-corrected chi connectivity index (χ0v) is 25.5. The predicted molar refractivity (Wildman–Crippen MR) is 155 cm³/mol. The molecule has 13 heteroatoms. The molecule has 1 aliphatic heterocycles. The number of aliphatic carboxylic acids is 1. The number of carboxylic acids is 1. The minimum absolute atomic E-state index is 0.00657. The largest absolute Gasteiger partial charge is 0.480 e. The minimum atomic E-state index is -1.47. The molecule has 1 saturated heterocycles. The Kier molecular flexibility index (Phi) is 16.8. The van der Waals surface area contributed by atoms with Crippen molar-refractivity contribution in [3.05, 3.63) is 0 Å². The van der Waals surface area contributed by atoms with Crippen molar-refractivity contribution in [3.8, 4) is 0 Å². The molecular formula is C27H43N3O8S2. The molecule has 11 nitrogen and oxygen atoms in total. The maximum absolute atomic E-state index is 13.6. The first kappa shape index (κ1) is 35.6. The summed E-state index contributed by atoms with van der Waals surface area (Å²) in [5.41, 5.74) is 0. The molecule has 1 fully saturated rings. The van der Waals surface area contributed by atoms with Crippen LogP contribution in [0.4, 0.5) is 0 Å². The third-order valence-electron chi connectivity index (χ3n) is 6.60. The number of nitrogens with one attached hydrogen (secondary N) is 2. The zero-order valence-electron chi connectivity index (χ0n) is 23.9. The summed E-state index contributed by atoms with van der Waals surface area (Å²) < 4.78 is 0. The van der Waals surface area contributed by atoms with E-state index < -0.39 is 41.5 Å². The first-order valence-electron chi connectivity index (χ1n) is 13.8. The molecule has 226 valence electrons. The van der Waals surface area contributed by atoms with E-state index in [2.05, 4.69) is 10.6 Å². The second kappa shape index (κ2) is 18.8. The third kappa shape index (κ3) is 12.4. The summed E-state index contributed by atoms with van der Waals surface area (Å²) in [7, 11) is 0. The molecule has 0 aliphatic carbocycles. The molecule has 0 saturated carbocycles. The fourth-order valence-electron chi connectivity index (χ4n) is 4.48. The Morgan fingerprint density at radius 2 is 1.30 bits per heavy atom. The van der Waals surface area contributed by atoms with E-state index in [0.29, 0.717) is 13.1 Å². The van der Waals surface area contributed by atoms with Crippen LogP contribution in [0.1, 0.15) is 72.6 Å². The van der Waals surface area contributed by atoms with E-state index >= 15 is 0 Å². The van der Waals surface area contributed by atoms with Crippen molar-refractivity contribution in [2.45, 2.75) is 78.7 Å². The van der Waals surface area contributed by atoms with Crippen molar-refractivity contribution < 1.29 is 38.7 Å². The summed E-state index contributed by atoms with van der Waals surface area (Å²) in [4.78, 5) is 88.8. The number of carbonyl (C=O) groups is 7. The lowest BCUT2D eigenvalue weighted by molar-refractivity contribution is -0.153. The van der Waals surface area contributed by atoms with Crippen molar-refractivity contribution in [1.82, 2.24) is 15.5 Å². The monoisotopic (exact) mass is 601 g/mol. The average molecular weight is 602 g/mol. The number of likely N-dealkylation sites (tertiary alicyclic amines) is 1. The number of nitrogens with zero attached hydrogens (tertiary/aromatic N) is 1. The molecular weight excluding hydrogens is 558 g/mol. The van der Waals surface area contributed by atoms with Gasteiger partial charge in [0.2, 0.25) is 17.7 Å². The summed E-state index contributed by atoms with van der Waals surface area (Å²) in [5, 5.41) is 15.1. The molecule has 3 unspecified atom stereocenters. The van der Waals surface area contributed by atoms with Crippen LogP contribution in [-0.2, 0) is 33.6 Å². The van der Waals surface area contributed by atoms with Gasteiger partial charge in [-0.1, -0.05) is 50.2 Å². The van der Waals surface area contributed by atoms with Crippen LogP contribution in [0.15, 0.2) is 0 Å². The topological polar surface area (TPSA) is 167 Å². The highest BCUT2D eigenvalue weighted by Crippen LogP contribution is 2.32. The fraction of sp³-hybridized carbons (Fsp3) is 0.741. The lowest BCUT2D eigenvalue weighted by Crippen LogP contribution is -2.49. The normalized spacial score (nSPS) is 18.1. The SMILES string of the molecule is CCCCNC(=O)CC(CSC(C)=O)C(=O)C1CCN(C(=O)C(CSC(C)=O)CC(=O)NCCCC)[C@@H]1C(=O)O. The zero-order chi connectivity index (χ0) is 30.2. The lowest BCUT2D eigenvalue weighted by Gasteiger charge is -2.29. The Morgan fingerprint density at radius 1 is 0.825 bits per heavy atom. The van der Waals surface area contributed by atoms with Crippen molar-refractivity contribution in [2.24, 2.45) is 17.8 Å². The van der Waals surface area contributed by atoms with Crippen LogP contribution in [0.25, 0.3) is 0 Å². The number of thioether (sulfide) groups is 2. The van der Waals surface area contributed by atoms with Gasteiger partial charge in [-0.25, -0.2) is 4.79 Å². The van der Waals surface area contributed by atoms with Gasteiger partial charge < -0.3 is 20.6 Å². The summed E-state index contributed by atoms with van der Waals surface area (Å²) in [6, 6.07) is -1.47. The van der Waals surface area contributed by atoms with E-state index in [9.17, 15) is 38.7 Å². The van der Waals surface area contributed by atoms with Crippen LogP contribution < -0.4 is 10.6 Å². The lowest BCUT2D eigenvalue weighted by atomic mass is 9.86. The molecule has 3 amide bonds. The summed E-state index contributed by atoms with van der Waals surface area (Å²) in [6.45, 7) is 7.52. The number of ketones is 1. The van der Waals surface area contributed by atoms with Crippen molar-refractivity contribution in [2.75, 3.05) is 31.1 Å². The van der Waals surface area contributed by atoms with Gasteiger partial charge in [0.15, 0.2) is 10.2 Å². The molecule has 3 N–H and O–H groups in total. The van der Waals surface area contributed by atoms with E-state index in [-0.39, 0.29) is 59.4 Å². The van der Waals surface area contributed by atoms with Gasteiger partial charge in [0.25, 0.3) is 0 Å². The highest BCUT2D eigenvalue weighted by Gasteiger charge is 2.48. The summed E-state index contributed by atoms with van der Waals surface area (Å²) >= 11 is 1.78. The minimum Gasteiger partial charge on any atom is -0.480 e. The molecule has 1 rings (SSSR count). The fourth-order valence-corrected chi connectivity index (χ4v) is 5.89. The van der Waals surface area contributed by atoms with Gasteiger partial charge in [-0.15, -0.1) is 0 Å². The number of hydrogen-bond donors (Lipinski definition) is 3. The van der Waals surface area contributed by atoms with E-state index in [4.69, 9.17) is 0 Å². The van der Waals surface area contributed by atoms with E-state index in [0.717, 1.165) is 54.1 Å². The van der Waals surface area contributed by atoms with Gasteiger partial charge in [0, 0.05) is 63.7 Å². The summed E-state index contributed by atoms with van der Waals surface area (Å²) in [5.74, 6) is -6.04. The van der Waals surface area contributed by atoms with Gasteiger partial charge in [-0.05, 0) is 19.3 Å². The Bertz CT molecular complexity index is 863. The van der Waals surface area contributed by atoms with E-state index in [1.165, 1.54) is 13.8 Å². The first-order valence-corrected chi connectivity index (χ1v) is 15.8. The molecule has 0 aromatic heterocycles. The molecule has 0 spiro atoms. The van der Waals surface area contributed by atoms with Crippen LogP contribution >= 0.6 is 23.5 Å². The standard InChI is InChI=1S/C27H43N3O8S2/c1-5-7-10-28-22(33)13-19(15-39-17(3)31)25(35)21-9-12-30(24(21)27(37)38)26(36)20(16-40-18(4)32)14-23(34)29-11-8-6-2/h19-21,24H,5-16H2,1-4H3,(H,28,33)(H,29,34)(H,37,38)/t19?,20?,21?,24-/m0/s1. The van der Waals surface area contributed by atoms with E-state index in [1.807, 2.05) is 13.8 Å². The maximum Gasteiger partial charge on any atom is 0.327 e. The van der Waals surface area contributed by atoms with Crippen molar-refractivity contribution in [1.29, 1.82) is 0 Å². The van der Waals surface area contributed by atoms with Gasteiger partial charge in [-0.2, -0.15) is 0 Å². The number of carboxylic acid groups (broad SMARTS) is 1. The highest BCUT2D eigenvalue weighted by atomic mass is 32.2. The Morgan fingerprint density at radius 3 is 1.75 bits per heavy atom. The quantitative estimate of drug-likeness (QED) is 0.198. The molecule has 0 radical (unpaired) electrons. The Balaban J connectivity index is 3.13. The number of unbranched alkanes of at least 4 members (excludes halogenated alkanes) is 2. The molecule has 4 atom stereocenters. The van der Waals surface area contributed by atoms with Gasteiger partial charge >= 0.3 is 5.97 Å². The molecule has 0 bridgehead atoms. The predicted octanol–water partition coefficient (Wildman–Crippen LogP) is 2.26. The molecule has 40 heavy (non-hydrogen) atoms. The molecule has 1 heterocycles. The van der Waals surface area contributed by atoms with Crippen LogP contribution in [0.2, 0.25) is 0 Å². The summed E-state index contributed by atoms with van der Waals surface area (Å²) in [6.07, 6.45) is 2.97. The second-order valence-corrected chi connectivity index (χ2v) is 12.3. The third-order valence-corrected chi connectivity index (χ3v) is 8.55. The maximum atomic E-state index is 13.6. The Labute approximate surface area is 244 Å². The average Bonchev–Trinajstić information content (AvgIpc) is 3.34. The second-order valence-electron chi connectivity index (χ2n) is 9.93. The van der Waals surface area contributed by atoms with Gasteiger partial charge in [0.05, 0.1) is 11.8 Å². The number of hydrogen-bond acceptors (Lipinski definition) is 9. The van der Waals surface area contributed by atoms with Crippen molar-refractivity contribution >= 4 is 63.2 Å². The van der Waals surface area contributed by atoms with Crippen molar-refractivity contribution in [3.63, 3.8) is 0 Å². The van der Waals surface area contributed by atoms with Gasteiger partial charge in [-0.3, -0.25) is 28.8 Å². The first-order chi connectivity index (χ1) is 18.9. The van der Waals surface area contributed by atoms with Crippen LogP contribution in [-0.4, -0.2) is 86.9 Å². The number of rotatable bonds is 18. The van der Waals surface area contributed by atoms with E-state index in [1.54, 1.807) is 0 Å². The smallest absolute Gasteiger partial charge is 0.327 e. The highest BCUT2D eigenvalue weighted by molar-refractivity contribution is 8.13. The van der Waals surface area contributed by atoms with Gasteiger partial charge in [0.1, 0.15) is 11.8 Å². The van der Waals surface area contributed by atoms with Crippen LogP contribution in [0.3, 0.4) is 0 Å². The molecule has 1 aliphatic rings. The molecule has 0 aromatic rings. The van der Waals surface area contributed by atoms with Crippen LogP contribution in [0.5, 0.6) is 0 Å². The number of carbonyl (C=O) groups excluding carboxylic acids is 6. The number of amides is 3. The molecule has 0 aromatic carbocycles. The van der Waals surface area contributed by atoms with Crippen LogP contribution in [0, 0.1) is 17.8 Å². The Hall–Kier alpha value is -2.41.